The number of aliphatic hydroxyl groups excluding tert-OH is 1. The monoisotopic (exact) mass is 283 g/mol. The van der Waals surface area contributed by atoms with E-state index in [1.165, 1.54) is 11.3 Å². The Morgan fingerprint density at radius 2 is 1.94 bits per heavy atom. The minimum Gasteiger partial charge on any atom is -0.393 e. The van der Waals surface area contributed by atoms with Gasteiger partial charge in [-0.15, -0.1) is 0 Å². The van der Waals surface area contributed by atoms with Crippen molar-refractivity contribution in [3.05, 3.63) is 28.2 Å². The van der Waals surface area contributed by atoms with E-state index in [1.54, 1.807) is 0 Å². The Bertz CT molecular complexity index is 359. The van der Waals surface area contributed by atoms with Crippen LogP contribution in [-0.4, -0.2) is 17.3 Å². The van der Waals surface area contributed by atoms with Gasteiger partial charge in [0.2, 0.25) is 0 Å². The summed E-state index contributed by atoms with van der Waals surface area (Å²) < 4.78 is 1.15. The van der Waals surface area contributed by atoms with Crippen LogP contribution in [0.15, 0.2) is 22.7 Å². The average Bonchev–Trinajstić information content (AvgIpc) is 2.28. The van der Waals surface area contributed by atoms with Crippen molar-refractivity contribution in [3.63, 3.8) is 0 Å². The van der Waals surface area contributed by atoms with Crippen LogP contribution in [0.4, 0.5) is 5.69 Å². The second kappa shape index (κ2) is 5.19. The highest BCUT2D eigenvalue weighted by molar-refractivity contribution is 9.10. The molecule has 0 spiro atoms. The van der Waals surface area contributed by atoms with Gasteiger partial charge >= 0.3 is 0 Å². The van der Waals surface area contributed by atoms with Gasteiger partial charge in [0.05, 0.1) is 6.10 Å². The number of nitrogens with one attached hydrogen (secondary N) is 1. The molecule has 2 nitrogen and oxygen atoms in total. The maximum atomic E-state index is 9.45. The van der Waals surface area contributed by atoms with Crippen LogP contribution in [0.5, 0.6) is 0 Å². The summed E-state index contributed by atoms with van der Waals surface area (Å²) in [5.41, 5.74) is 2.42. The predicted octanol–water partition coefficient (Wildman–Crippen LogP) is 3.47. The van der Waals surface area contributed by atoms with Crippen molar-refractivity contribution in [1.29, 1.82) is 0 Å². The molecule has 1 aliphatic carbocycles. The van der Waals surface area contributed by atoms with E-state index in [0.717, 1.165) is 30.2 Å². The fourth-order valence-corrected chi connectivity index (χ4v) is 2.58. The van der Waals surface area contributed by atoms with Crippen LogP contribution in [0.3, 0.4) is 0 Å². The number of rotatable bonds is 2. The number of hydrogen-bond donors (Lipinski definition) is 2. The Morgan fingerprint density at radius 3 is 2.62 bits per heavy atom. The Balaban J connectivity index is 2.01. The number of aliphatic hydroxyl groups is 1. The van der Waals surface area contributed by atoms with Gasteiger partial charge in [-0.1, -0.05) is 12.1 Å². The van der Waals surface area contributed by atoms with Crippen molar-refractivity contribution in [3.8, 4) is 0 Å². The van der Waals surface area contributed by atoms with Crippen LogP contribution >= 0.6 is 15.9 Å². The van der Waals surface area contributed by atoms with Crippen molar-refractivity contribution >= 4 is 21.6 Å². The van der Waals surface area contributed by atoms with Crippen molar-refractivity contribution in [2.24, 2.45) is 0 Å². The summed E-state index contributed by atoms with van der Waals surface area (Å²) in [6.45, 7) is 2.10. The molecule has 1 aromatic carbocycles. The third kappa shape index (κ3) is 2.77. The lowest BCUT2D eigenvalue weighted by Crippen LogP contribution is -2.28. The molecule has 1 aliphatic rings. The second-order valence-corrected chi connectivity index (χ2v) is 5.38. The molecular weight excluding hydrogens is 266 g/mol. The zero-order chi connectivity index (χ0) is 11.5. The first-order valence-corrected chi connectivity index (χ1v) is 6.66. The first-order valence-electron chi connectivity index (χ1n) is 5.86. The van der Waals surface area contributed by atoms with Crippen molar-refractivity contribution < 1.29 is 5.11 Å². The van der Waals surface area contributed by atoms with E-state index in [-0.39, 0.29) is 6.10 Å². The molecule has 0 heterocycles. The first-order chi connectivity index (χ1) is 7.66. The Kier molecular flexibility index (Phi) is 3.87. The molecule has 0 unspecified atom stereocenters. The van der Waals surface area contributed by atoms with Gasteiger partial charge < -0.3 is 10.4 Å². The lowest BCUT2D eigenvalue weighted by atomic mass is 9.93. The van der Waals surface area contributed by atoms with Crippen molar-refractivity contribution in [2.45, 2.75) is 44.8 Å². The zero-order valence-corrected chi connectivity index (χ0v) is 11.1. The van der Waals surface area contributed by atoms with Crippen LogP contribution in [0.1, 0.15) is 31.2 Å². The molecule has 1 fully saturated rings. The summed E-state index contributed by atoms with van der Waals surface area (Å²) in [5, 5.41) is 13.0. The van der Waals surface area contributed by atoms with Crippen LogP contribution in [0.25, 0.3) is 0 Å². The van der Waals surface area contributed by atoms with E-state index >= 15 is 0 Å². The third-order valence-corrected chi connectivity index (χ3v) is 4.30. The minimum atomic E-state index is -0.0843. The second-order valence-electron chi connectivity index (χ2n) is 4.59. The fourth-order valence-electron chi connectivity index (χ4n) is 2.20. The summed E-state index contributed by atoms with van der Waals surface area (Å²) in [7, 11) is 0. The Morgan fingerprint density at radius 1 is 1.25 bits per heavy atom. The Hall–Kier alpha value is -0.540. The number of hydrogen-bond acceptors (Lipinski definition) is 2. The molecule has 0 bridgehead atoms. The predicted molar refractivity (Wildman–Crippen MR) is 70.8 cm³/mol. The topological polar surface area (TPSA) is 32.3 Å². The highest BCUT2D eigenvalue weighted by Gasteiger charge is 2.19. The summed E-state index contributed by atoms with van der Waals surface area (Å²) >= 11 is 3.61. The number of anilines is 1. The van der Waals surface area contributed by atoms with E-state index in [4.69, 9.17) is 0 Å². The molecule has 0 amide bonds. The van der Waals surface area contributed by atoms with Crippen molar-refractivity contribution in [2.75, 3.05) is 5.32 Å². The SMILES string of the molecule is Cc1cccc(NC2CCC(O)CC2)c1Br. The molecule has 2 rings (SSSR count). The number of benzene rings is 1. The zero-order valence-electron chi connectivity index (χ0n) is 9.54. The molecular formula is C13H18BrNO. The van der Waals surface area contributed by atoms with Crippen LogP contribution in [0.2, 0.25) is 0 Å². The van der Waals surface area contributed by atoms with E-state index in [2.05, 4.69) is 46.4 Å². The summed E-state index contributed by atoms with van der Waals surface area (Å²) in [6.07, 6.45) is 3.87. The molecule has 88 valence electrons. The third-order valence-electron chi connectivity index (χ3n) is 3.25. The van der Waals surface area contributed by atoms with Crippen molar-refractivity contribution in [1.82, 2.24) is 0 Å². The van der Waals surface area contributed by atoms with Gasteiger partial charge in [-0.05, 0) is 60.2 Å². The van der Waals surface area contributed by atoms with Crippen LogP contribution in [-0.2, 0) is 0 Å². The smallest absolute Gasteiger partial charge is 0.0541 e. The van der Waals surface area contributed by atoms with Gasteiger partial charge in [-0.2, -0.15) is 0 Å². The fraction of sp³-hybridized carbons (Fsp3) is 0.538. The molecule has 0 aliphatic heterocycles. The molecule has 0 atom stereocenters. The average molecular weight is 284 g/mol. The molecule has 0 saturated heterocycles. The van der Waals surface area contributed by atoms with Gasteiger partial charge in [0.25, 0.3) is 0 Å². The summed E-state index contributed by atoms with van der Waals surface area (Å²) in [6, 6.07) is 6.77. The summed E-state index contributed by atoms with van der Waals surface area (Å²) in [4.78, 5) is 0. The van der Waals surface area contributed by atoms with Gasteiger partial charge in [0.15, 0.2) is 0 Å². The molecule has 1 saturated carbocycles. The number of halogens is 1. The molecule has 0 radical (unpaired) electrons. The molecule has 16 heavy (non-hydrogen) atoms. The normalized spacial score (nSPS) is 25.4. The molecule has 1 aromatic rings. The number of aryl methyl sites for hydroxylation is 1. The van der Waals surface area contributed by atoms with Gasteiger partial charge in [0.1, 0.15) is 0 Å². The van der Waals surface area contributed by atoms with Gasteiger partial charge in [-0.3, -0.25) is 0 Å². The summed E-state index contributed by atoms with van der Waals surface area (Å²) in [5.74, 6) is 0. The standard InChI is InChI=1S/C13H18BrNO/c1-9-3-2-4-12(13(9)14)15-10-5-7-11(16)8-6-10/h2-4,10-11,15-16H,5-8H2,1H3. The van der Waals surface area contributed by atoms with E-state index in [0.29, 0.717) is 6.04 Å². The minimum absolute atomic E-state index is 0.0843. The molecule has 3 heteroatoms. The maximum absolute atomic E-state index is 9.45. The lowest BCUT2D eigenvalue weighted by Gasteiger charge is -2.27. The maximum Gasteiger partial charge on any atom is 0.0541 e. The van der Waals surface area contributed by atoms with Crippen LogP contribution in [0, 0.1) is 6.92 Å². The van der Waals surface area contributed by atoms with Gasteiger partial charge in [-0.25, -0.2) is 0 Å². The van der Waals surface area contributed by atoms with E-state index < -0.39 is 0 Å². The first kappa shape index (κ1) is 11.9. The highest BCUT2D eigenvalue weighted by Crippen LogP contribution is 2.29. The Labute approximate surface area is 105 Å². The molecule has 2 N–H and O–H groups in total. The van der Waals surface area contributed by atoms with Gasteiger partial charge in [0, 0.05) is 16.2 Å². The largest absolute Gasteiger partial charge is 0.393 e. The van der Waals surface area contributed by atoms with E-state index in [1.807, 2.05) is 0 Å². The van der Waals surface area contributed by atoms with Crippen LogP contribution < -0.4 is 5.32 Å². The van der Waals surface area contributed by atoms with E-state index in [9.17, 15) is 5.11 Å². The highest BCUT2D eigenvalue weighted by atomic mass is 79.9. The molecule has 0 aromatic heterocycles. The quantitative estimate of drug-likeness (QED) is 0.871. The lowest BCUT2D eigenvalue weighted by molar-refractivity contribution is 0.126.